The molecule has 17 heavy (non-hydrogen) atoms. The highest BCUT2D eigenvalue weighted by atomic mass is 15.2. The molecule has 2 fully saturated rings. The average Bonchev–Trinajstić information content (AvgIpc) is 3.21. The maximum Gasteiger partial charge on any atom is 0.0334 e. The Labute approximate surface area is 107 Å². The predicted octanol–water partition coefficient (Wildman–Crippen LogP) is 3.01. The Kier molecular flexibility index (Phi) is 4.14. The van der Waals surface area contributed by atoms with Crippen LogP contribution < -0.4 is 5.73 Å². The Morgan fingerprint density at radius 2 is 2.00 bits per heavy atom. The highest BCUT2D eigenvalue weighted by Crippen LogP contribution is 2.48. The highest BCUT2D eigenvalue weighted by molar-refractivity contribution is 4.99. The molecule has 2 heteroatoms. The Balaban J connectivity index is 2.06. The van der Waals surface area contributed by atoms with Crippen molar-refractivity contribution in [3.63, 3.8) is 0 Å². The lowest BCUT2D eigenvalue weighted by molar-refractivity contribution is 0.0236. The number of hydrogen-bond donors (Lipinski definition) is 1. The van der Waals surface area contributed by atoms with Crippen LogP contribution in [0.2, 0.25) is 0 Å². The quantitative estimate of drug-likeness (QED) is 0.798. The van der Waals surface area contributed by atoms with Crippen molar-refractivity contribution in [2.24, 2.45) is 17.6 Å². The van der Waals surface area contributed by atoms with E-state index in [-0.39, 0.29) is 0 Å². The van der Waals surface area contributed by atoms with E-state index in [4.69, 9.17) is 5.73 Å². The molecule has 0 heterocycles. The van der Waals surface area contributed by atoms with E-state index in [1.54, 1.807) is 0 Å². The van der Waals surface area contributed by atoms with Crippen molar-refractivity contribution in [1.82, 2.24) is 4.90 Å². The molecule has 0 aromatic carbocycles. The maximum atomic E-state index is 6.17. The van der Waals surface area contributed by atoms with Crippen LogP contribution in [0.4, 0.5) is 0 Å². The second kappa shape index (κ2) is 5.27. The van der Waals surface area contributed by atoms with Crippen molar-refractivity contribution < 1.29 is 0 Å². The third-order valence-corrected chi connectivity index (χ3v) is 5.53. The zero-order chi connectivity index (χ0) is 12.5. The minimum absolute atomic E-state index is 0.306. The van der Waals surface area contributed by atoms with Crippen molar-refractivity contribution in [2.75, 3.05) is 13.6 Å². The molecular formula is C15H30N2. The first-order chi connectivity index (χ1) is 8.13. The lowest BCUT2D eigenvalue weighted by Crippen LogP contribution is -2.57. The monoisotopic (exact) mass is 238 g/mol. The largest absolute Gasteiger partial charge is 0.329 e. The lowest BCUT2D eigenvalue weighted by Gasteiger charge is -2.49. The van der Waals surface area contributed by atoms with Gasteiger partial charge in [-0.1, -0.05) is 19.8 Å². The van der Waals surface area contributed by atoms with Crippen LogP contribution in [0.25, 0.3) is 0 Å². The summed E-state index contributed by atoms with van der Waals surface area (Å²) < 4.78 is 0. The van der Waals surface area contributed by atoms with Crippen molar-refractivity contribution in [3.8, 4) is 0 Å². The molecule has 2 nitrogen and oxygen atoms in total. The van der Waals surface area contributed by atoms with E-state index in [2.05, 4.69) is 25.8 Å². The van der Waals surface area contributed by atoms with Crippen LogP contribution in [0.1, 0.15) is 58.8 Å². The van der Waals surface area contributed by atoms with Crippen LogP contribution in [0.3, 0.4) is 0 Å². The van der Waals surface area contributed by atoms with Gasteiger partial charge in [-0.15, -0.1) is 0 Å². The summed E-state index contributed by atoms with van der Waals surface area (Å²) >= 11 is 0. The summed E-state index contributed by atoms with van der Waals surface area (Å²) in [6.07, 6.45) is 9.71. The number of likely N-dealkylation sites (N-methyl/N-ethyl adjacent to an activating group) is 1. The van der Waals surface area contributed by atoms with E-state index >= 15 is 0 Å². The summed E-state index contributed by atoms with van der Waals surface area (Å²) in [5.41, 5.74) is 6.48. The van der Waals surface area contributed by atoms with Crippen LogP contribution in [0, 0.1) is 11.8 Å². The second-order valence-corrected chi connectivity index (χ2v) is 6.49. The molecular weight excluding hydrogens is 208 g/mol. The molecule has 0 radical (unpaired) electrons. The smallest absolute Gasteiger partial charge is 0.0334 e. The average molecular weight is 238 g/mol. The van der Waals surface area contributed by atoms with Gasteiger partial charge in [0, 0.05) is 18.1 Å². The van der Waals surface area contributed by atoms with Crippen LogP contribution in [0.15, 0.2) is 0 Å². The van der Waals surface area contributed by atoms with Crippen molar-refractivity contribution in [3.05, 3.63) is 0 Å². The molecule has 3 unspecified atom stereocenters. The summed E-state index contributed by atoms with van der Waals surface area (Å²) in [5.74, 6) is 2.02. The van der Waals surface area contributed by atoms with E-state index in [1.165, 1.54) is 44.9 Å². The van der Waals surface area contributed by atoms with Gasteiger partial charge in [0.05, 0.1) is 0 Å². The molecule has 100 valence electrons. The Morgan fingerprint density at radius 1 is 1.29 bits per heavy atom. The Bertz CT molecular complexity index is 249. The fraction of sp³-hybridized carbons (Fsp3) is 1.00. The topological polar surface area (TPSA) is 29.3 Å². The summed E-state index contributed by atoms with van der Waals surface area (Å²) in [7, 11) is 2.30. The summed E-state index contributed by atoms with van der Waals surface area (Å²) in [6, 6.07) is 0.663. The molecule has 2 aliphatic carbocycles. The third kappa shape index (κ3) is 2.68. The van der Waals surface area contributed by atoms with E-state index in [0.29, 0.717) is 11.6 Å². The van der Waals surface area contributed by atoms with Gasteiger partial charge in [-0.25, -0.2) is 0 Å². The van der Waals surface area contributed by atoms with Crippen molar-refractivity contribution in [1.29, 1.82) is 0 Å². The SMILES string of the molecule is CCC(C)N(C)C1(CN)CCCC(C2CC2)C1. The summed E-state index contributed by atoms with van der Waals surface area (Å²) in [5, 5.41) is 0. The molecule has 2 N–H and O–H groups in total. The molecule has 0 amide bonds. The van der Waals surface area contributed by atoms with E-state index < -0.39 is 0 Å². The first-order valence-electron chi connectivity index (χ1n) is 7.56. The lowest BCUT2D eigenvalue weighted by atomic mass is 9.72. The summed E-state index contributed by atoms with van der Waals surface area (Å²) in [6.45, 7) is 5.47. The first-order valence-corrected chi connectivity index (χ1v) is 7.56. The van der Waals surface area contributed by atoms with Crippen LogP contribution >= 0.6 is 0 Å². The maximum absolute atomic E-state index is 6.17. The van der Waals surface area contributed by atoms with E-state index in [9.17, 15) is 0 Å². The van der Waals surface area contributed by atoms with Crippen molar-refractivity contribution >= 4 is 0 Å². The number of rotatable bonds is 5. The molecule has 0 spiro atoms. The molecule has 0 bridgehead atoms. The van der Waals surface area contributed by atoms with Gasteiger partial charge >= 0.3 is 0 Å². The summed E-state index contributed by atoms with van der Waals surface area (Å²) in [4.78, 5) is 2.60. The molecule has 2 aliphatic rings. The van der Waals surface area contributed by atoms with Crippen LogP contribution in [-0.2, 0) is 0 Å². The Morgan fingerprint density at radius 3 is 2.53 bits per heavy atom. The molecule has 0 aromatic rings. The fourth-order valence-corrected chi connectivity index (χ4v) is 3.75. The molecule has 0 aliphatic heterocycles. The Hall–Kier alpha value is -0.0800. The van der Waals surface area contributed by atoms with Crippen LogP contribution in [0.5, 0.6) is 0 Å². The number of nitrogens with two attached hydrogens (primary N) is 1. The van der Waals surface area contributed by atoms with Gasteiger partial charge < -0.3 is 5.73 Å². The molecule has 2 rings (SSSR count). The minimum Gasteiger partial charge on any atom is -0.329 e. The highest BCUT2D eigenvalue weighted by Gasteiger charge is 2.44. The fourth-order valence-electron chi connectivity index (χ4n) is 3.75. The van der Waals surface area contributed by atoms with E-state index in [0.717, 1.165) is 18.4 Å². The number of nitrogens with zero attached hydrogens (tertiary/aromatic N) is 1. The second-order valence-electron chi connectivity index (χ2n) is 6.49. The van der Waals surface area contributed by atoms with Gasteiger partial charge in [0.25, 0.3) is 0 Å². The minimum atomic E-state index is 0.306. The van der Waals surface area contributed by atoms with Gasteiger partial charge in [-0.3, -0.25) is 4.90 Å². The van der Waals surface area contributed by atoms with Gasteiger partial charge in [0.1, 0.15) is 0 Å². The number of hydrogen-bond acceptors (Lipinski definition) is 2. The molecule has 0 saturated heterocycles. The first kappa shape index (κ1) is 13.4. The zero-order valence-corrected chi connectivity index (χ0v) is 11.9. The van der Waals surface area contributed by atoms with Crippen LogP contribution in [-0.4, -0.2) is 30.1 Å². The van der Waals surface area contributed by atoms with Crippen molar-refractivity contribution in [2.45, 2.75) is 70.4 Å². The zero-order valence-electron chi connectivity index (χ0n) is 11.9. The van der Waals surface area contributed by atoms with E-state index in [1.807, 2.05) is 0 Å². The molecule has 3 atom stereocenters. The van der Waals surface area contributed by atoms with Gasteiger partial charge in [-0.05, 0) is 57.9 Å². The predicted molar refractivity (Wildman–Crippen MR) is 74.0 cm³/mol. The standard InChI is InChI=1S/C15H30N2/c1-4-12(2)17(3)15(11-16)9-5-6-14(10-15)13-7-8-13/h12-14H,4-11,16H2,1-3H3. The van der Waals surface area contributed by atoms with Gasteiger partial charge in [0.2, 0.25) is 0 Å². The molecule has 2 saturated carbocycles. The molecule has 0 aromatic heterocycles. The third-order valence-electron chi connectivity index (χ3n) is 5.53. The van der Waals surface area contributed by atoms with Gasteiger partial charge in [-0.2, -0.15) is 0 Å². The normalized spacial score (nSPS) is 36.2. The van der Waals surface area contributed by atoms with Gasteiger partial charge in [0.15, 0.2) is 0 Å².